The molecule has 0 aromatic heterocycles. The Bertz CT molecular complexity index is 718. The largest absolute Gasteiger partial charge is 0.342 e. The maximum absolute atomic E-state index is 13.3. The zero-order valence-electron chi connectivity index (χ0n) is 14.0. The van der Waals surface area contributed by atoms with E-state index in [4.69, 9.17) is 0 Å². The van der Waals surface area contributed by atoms with Gasteiger partial charge in [0.05, 0.1) is 6.54 Å². The van der Waals surface area contributed by atoms with Gasteiger partial charge in [-0.3, -0.25) is 14.4 Å². The number of nitrogens with one attached hydrogen (secondary N) is 1. The summed E-state index contributed by atoms with van der Waals surface area (Å²) >= 11 is 0. The van der Waals surface area contributed by atoms with Gasteiger partial charge in [-0.25, -0.2) is 8.78 Å². The maximum atomic E-state index is 13.3. The molecule has 0 spiro atoms. The van der Waals surface area contributed by atoms with Crippen LogP contribution in [0.1, 0.15) is 24.2 Å². The third kappa shape index (κ3) is 3.20. The van der Waals surface area contributed by atoms with Crippen LogP contribution in [0, 0.1) is 17.6 Å². The van der Waals surface area contributed by atoms with Gasteiger partial charge in [-0.1, -0.05) is 13.8 Å². The molecule has 2 saturated heterocycles. The van der Waals surface area contributed by atoms with E-state index in [9.17, 15) is 23.2 Å². The topological polar surface area (TPSA) is 69.7 Å². The van der Waals surface area contributed by atoms with Crippen molar-refractivity contribution in [1.82, 2.24) is 15.1 Å². The molecule has 1 N–H and O–H groups in total. The van der Waals surface area contributed by atoms with Crippen molar-refractivity contribution in [3.63, 3.8) is 0 Å². The van der Waals surface area contributed by atoms with Gasteiger partial charge < -0.3 is 15.1 Å². The molecule has 1 aromatic rings. The minimum Gasteiger partial charge on any atom is -0.342 e. The standard InChI is InChI=1S/C17H19F2N3O3/c1-9(2)14-17(25)22-4-3-21(8-13(22)15(23)20-14)16(24)10-5-11(18)7-12(19)6-10/h5-7,9,13-14H,3-4,8H2,1-2H3,(H,20,23)/t13-,14-/m1/s1. The van der Waals surface area contributed by atoms with E-state index >= 15 is 0 Å². The Labute approximate surface area is 143 Å². The van der Waals surface area contributed by atoms with Crippen molar-refractivity contribution < 1.29 is 23.2 Å². The summed E-state index contributed by atoms with van der Waals surface area (Å²) in [6.45, 7) is 4.11. The van der Waals surface area contributed by atoms with Crippen LogP contribution in [0.25, 0.3) is 0 Å². The van der Waals surface area contributed by atoms with Crippen LogP contribution in [0.3, 0.4) is 0 Å². The molecular formula is C17H19F2N3O3. The van der Waals surface area contributed by atoms with Gasteiger partial charge in [0.1, 0.15) is 23.7 Å². The number of rotatable bonds is 2. The van der Waals surface area contributed by atoms with Gasteiger partial charge in [-0.15, -0.1) is 0 Å². The highest BCUT2D eigenvalue weighted by Gasteiger charge is 2.45. The van der Waals surface area contributed by atoms with Crippen molar-refractivity contribution in [2.45, 2.75) is 25.9 Å². The zero-order chi connectivity index (χ0) is 18.3. The summed E-state index contributed by atoms with van der Waals surface area (Å²) < 4.78 is 26.7. The van der Waals surface area contributed by atoms with Gasteiger partial charge in [0.2, 0.25) is 11.8 Å². The Morgan fingerprint density at radius 2 is 1.80 bits per heavy atom. The third-order valence-electron chi connectivity index (χ3n) is 4.59. The first-order chi connectivity index (χ1) is 11.8. The van der Waals surface area contributed by atoms with Gasteiger partial charge in [-0.05, 0) is 18.1 Å². The van der Waals surface area contributed by atoms with E-state index < -0.39 is 29.6 Å². The average Bonchev–Trinajstić information content (AvgIpc) is 2.55. The second kappa shape index (κ2) is 6.42. The third-order valence-corrected chi connectivity index (χ3v) is 4.59. The number of nitrogens with zero attached hydrogens (tertiary/aromatic N) is 2. The minimum atomic E-state index is -0.840. The maximum Gasteiger partial charge on any atom is 0.254 e. The molecule has 0 bridgehead atoms. The van der Waals surface area contributed by atoms with Crippen molar-refractivity contribution in [1.29, 1.82) is 0 Å². The predicted octanol–water partition coefficient (Wildman–Crippen LogP) is 0.772. The molecule has 25 heavy (non-hydrogen) atoms. The summed E-state index contributed by atoms with van der Waals surface area (Å²) in [4.78, 5) is 40.2. The number of hydrogen-bond donors (Lipinski definition) is 1. The lowest BCUT2D eigenvalue weighted by Gasteiger charge is -2.46. The first-order valence-corrected chi connectivity index (χ1v) is 8.14. The van der Waals surface area contributed by atoms with Crippen LogP contribution in [0.15, 0.2) is 18.2 Å². The van der Waals surface area contributed by atoms with Gasteiger partial charge in [0.25, 0.3) is 5.91 Å². The van der Waals surface area contributed by atoms with E-state index in [0.29, 0.717) is 6.07 Å². The number of amides is 3. The van der Waals surface area contributed by atoms with Gasteiger partial charge in [-0.2, -0.15) is 0 Å². The molecule has 134 valence electrons. The molecule has 2 aliphatic heterocycles. The molecule has 1 aromatic carbocycles. The first kappa shape index (κ1) is 17.3. The summed E-state index contributed by atoms with van der Waals surface area (Å²) in [5.41, 5.74) is -0.117. The van der Waals surface area contributed by atoms with Crippen LogP contribution in [0.2, 0.25) is 0 Å². The van der Waals surface area contributed by atoms with E-state index in [-0.39, 0.29) is 42.9 Å². The van der Waals surface area contributed by atoms with Crippen LogP contribution in [0.4, 0.5) is 8.78 Å². The highest BCUT2D eigenvalue weighted by molar-refractivity contribution is 5.99. The molecule has 3 rings (SSSR count). The average molecular weight is 351 g/mol. The van der Waals surface area contributed by atoms with Crippen molar-refractivity contribution in [2.75, 3.05) is 19.6 Å². The molecule has 2 fully saturated rings. The smallest absolute Gasteiger partial charge is 0.254 e. The molecular weight excluding hydrogens is 332 g/mol. The molecule has 3 amide bonds. The lowest BCUT2D eigenvalue weighted by molar-refractivity contribution is -0.153. The summed E-state index contributed by atoms with van der Waals surface area (Å²) in [5.74, 6) is -2.76. The van der Waals surface area contributed by atoms with Crippen molar-refractivity contribution >= 4 is 17.7 Å². The van der Waals surface area contributed by atoms with E-state index in [1.54, 1.807) is 0 Å². The highest BCUT2D eigenvalue weighted by Crippen LogP contribution is 2.21. The fourth-order valence-electron chi connectivity index (χ4n) is 3.26. The zero-order valence-corrected chi connectivity index (χ0v) is 14.0. The van der Waals surface area contributed by atoms with E-state index in [0.717, 1.165) is 12.1 Å². The highest BCUT2D eigenvalue weighted by atomic mass is 19.1. The fraction of sp³-hybridized carbons (Fsp3) is 0.471. The Kier molecular flexibility index (Phi) is 4.45. The summed E-state index contributed by atoms with van der Waals surface area (Å²) in [6, 6.07) is 1.26. The van der Waals surface area contributed by atoms with Crippen LogP contribution >= 0.6 is 0 Å². The molecule has 0 saturated carbocycles. The van der Waals surface area contributed by atoms with Crippen molar-refractivity contribution in [2.24, 2.45) is 5.92 Å². The number of carbonyl (C=O) groups excluding carboxylic acids is 3. The Hall–Kier alpha value is -2.51. The number of fused-ring (bicyclic) bond motifs is 1. The second-order valence-corrected chi connectivity index (χ2v) is 6.69. The number of benzene rings is 1. The SMILES string of the molecule is CC(C)[C@H]1NC(=O)[C@H]2CN(C(=O)c3cc(F)cc(F)c3)CCN2C1=O. The van der Waals surface area contributed by atoms with Crippen LogP contribution in [-0.4, -0.2) is 59.2 Å². The number of hydrogen-bond acceptors (Lipinski definition) is 3. The van der Waals surface area contributed by atoms with Gasteiger partial charge >= 0.3 is 0 Å². The van der Waals surface area contributed by atoms with E-state index in [2.05, 4.69) is 5.32 Å². The normalized spacial score (nSPS) is 23.6. The summed E-state index contributed by atoms with van der Waals surface area (Å²) in [6.07, 6.45) is 0. The van der Waals surface area contributed by atoms with Crippen LogP contribution in [-0.2, 0) is 9.59 Å². The Morgan fingerprint density at radius 1 is 1.16 bits per heavy atom. The van der Waals surface area contributed by atoms with Crippen LogP contribution in [0.5, 0.6) is 0 Å². The lowest BCUT2D eigenvalue weighted by Crippen LogP contribution is -2.70. The summed E-state index contributed by atoms with van der Waals surface area (Å²) in [5, 5.41) is 2.69. The number of halogens is 2. The molecule has 2 atom stereocenters. The van der Waals surface area contributed by atoms with Crippen molar-refractivity contribution in [3.8, 4) is 0 Å². The fourth-order valence-corrected chi connectivity index (χ4v) is 3.26. The summed E-state index contributed by atoms with van der Waals surface area (Å²) in [7, 11) is 0. The van der Waals surface area contributed by atoms with E-state index in [1.165, 1.54) is 9.80 Å². The molecule has 0 unspecified atom stereocenters. The first-order valence-electron chi connectivity index (χ1n) is 8.14. The van der Waals surface area contributed by atoms with Gasteiger partial charge in [0.15, 0.2) is 0 Å². The lowest BCUT2D eigenvalue weighted by atomic mass is 9.96. The molecule has 2 heterocycles. The van der Waals surface area contributed by atoms with E-state index in [1.807, 2.05) is 13.8 Å². The molecule has 6 nitrogen and oxygen atoms in total. The minimum absolute atomic E-state index is 0.000641. The van der Waals surface area contributed by atoms with Gasteiger partial charge in [0, 0.05) is 24.7 Å². The predicted molar refractivity (Wildman–Crippen MR) is 84.5 cm³/mol. The molecule has 0 radical (unpaired) electrons. The monoisotopic (exact) mass is 351 g/mol. The number of carbonyl (C=O) groups is 3. The quantitative estimate of drug-likeness (QED) is 0.856. The number of piperazine rings is 2. The second-order valence-electron chi connectivity index (χ2n) is 6.69. The molecule has 0 aliphatic carbocycles. The Balaban J connectivity index is 1.78. The molecule has 2 aliphatic rings. The Morgan fingerprint density at radius 3 is 2.40 bits per heavy atom. The van der Waals surface area contributed by atoms with Crippen LogP contribution < -0.4 is 5.32 Å². The molecule has 8 heteroatoms. The van der Waals surface area contributed by atoms with Crippen molar-refractivity contribution in [3.05, 3.63) is 35.4 Å².